The van der Waals surface area contributed by atoms with E-state index >= 15 is 0 Å². The second-order valence-electron chi connectivity index (χ2n) is 6.95. The molecule has 1 saturated heterocycles. The smallest absolute Gasteiger partial charge is 0.0681 e. The molecule has 0 aliphatic carbocycles. The first-order valence-electron chi connectivity index (χ1n) is 7.19. The van der Waals surface area contributed by atoms with Gasteiger partial charge in [0.1, 0.15) is 0 Å². The summed E-state index contributed by atoms with van der Waals surface area (Å²) >= 11 is 0. The van der Waals surface area contributed by atoms with Gasteiger partial charge >= 0.3 is 0 Å². The van der Waals surface area contributed by atoms with E-state index in [9.17, 15) is 0 Å². The molecule has 1 aliphatic rings. The van der Waals surface area contributed by atoms with Gasteiger partial charge in [-0.1, -0.05) is 29.8 Å². The molecule has 0 saturated carbocycles. The molecule has 1 aromatic rings. The highest BCUT2D eigenvalue weighted by Gasteiger charge is 2.48. The summed E-state index contributed by atoms with van der Waals surface area (Å²) in [4.78, 5) is 0. The SMILES string of the molecule is CNC(c1ccc(C)cc1)C1CC(C)(C)OC1(C)C. The van der Waals surface area contributed by atoms with Crippen molar-refractivity contribution in [2.45, 2.75) is 58.3 Å². The molecule has 1 fully saturated rings. The van der Waals surface area contributed by atoms with Crippen molar-refractivity contribution in [3.63, 3.8) is 0 Å². The molecule has 106 valence electrons. The second kappa shape index (κ2) is 4.92. The molecule has 0 aromatic heterocycles. The first-order chi connectivity index (χ1) is 8.75. The average molecular weight is 261 g/mol. The van der Waals surface area contributed by atoms with Crippen LogP contribution in [0.3, 0.4) is 0 Å². The van der Waals surface area contributed by atoms with Crippen LogP contribution >= 0.6 is 0 Å². The van der Waals surface area contributed by atoms with E-state index in [0.29, 0.717) is 12.0 Å². The third kappa shape index (κ3) is 3.01. The molecule has 2 heteroatoms. The first kappa shape index (κ1) is 14.5. The largest absolute Gasteiger partial charge is 0.369 e. The Morgan fingerprint density at radius 1 is 1.16 bits per heavy atom. The maximum atomic E-state index is 6.24. The molecule has 0 spiro atoms. The third-order valence-corrected chi connectivity index (χ3v) is 4.29. The molecule has 0 bridgehead atoms. The van der Waals surface area contributed by atoms with Gasteiger partial charge in [-0.2, -0.15) is 0 Å². The van der Waals surface area contributed by atoms with Gasteiger partial charge < -0.3 is 10.1 Å². The van der Waals surface area contributed by atoms with Crippen molar-refractivity contribution in [2.75, 3.05) is 7.05 Å². The van der Waals surface area contributed by atoms with E-state index < -0.39 is 0 Å². The Morgan fingerprint density at radius 2 is 1.74 bits per heavy atom. The lowest BCUT2D eigenvalue weighted by molar-refractivity contribution is -0.0776. The van der Waals surface area contributed by atoms with E-state index in [1.54, 1.807) is 0 Å². The summed E-state index contributed by atoms with van der Waals surface area (Å²) in [6.07, 6.45) is 1.08. The highest BCUT2D eigenvalue weighted by Crippen LogP contribution is 2.47. The predicted octanol–water partition coefficient (Wildman–Crippen LogP) is 3.85. The Hall–Kier alpha value is -0.860. The van der Waals surface area contributed by atoms with Gasteiger partial charge in [-0.05, 0) is 53.7 Å². The van der Waals surface area contributed by atoms with E-state index in [1.165, 1.54) is 11.1 Å². The number of rotatable bonds is 3. The Morgan fingerprint density at radius 3 is 2.16 bits per heavy atom. The standard InChI is InChI=1S/C17H27NO/c1-12-7-9-13(10-8-12)15(18-6)14-11-16(2,3)19-17(14,4)5/h7-10,14-15,18H,11H2,1-6H3. The fourth-order valence-corrected chi connectivity index (χ4v) is 3.50. The van der Waals surface area contributed by atoms with Crippen molar-refractivity contribution in [1.29, 1.82) is 0 Å². The fourth-order valence-electron chi connectivity index (χ4n) is 3.50. The van der Waals surface area contributed by atoms with Crippen molar-refractivity contribution in [2.24, 2.45) is 5.92 Å². The number of hydrogen-bond acceptors (Lipinski definition) is 2. The molecule has 1 heterocycles. The lowest BCUT2D eigenvalue weighted by Gasteiger charge is -2.33. The van der Waals surface area contributed by atoms with Crippen molar-refractivity contribution >= 4 is 0 Å². The zero-order chi connectivity index (χ0) is 14.3. The molecule has 1 aromatic carbocycles. The quantitative estimate of drug-likeness (QED) is 0.892. The molecular weight excluding hydrogens is 234 g/mol. The fraction of sp³-hybridized carbons (Fsp3) is 0.647. The van der Waals surface area contributed by atoms with E-state index in [2.05, 4.69) is 64.2 Å². The van der Waals surface area contributed by atoms with Crippen molar-refractivity contribution in [3.8, 4) is 0 Å². The van der Waals surface area contributed by atoms with Crippen LogP contribution in [0, 0.1) is 12.8 Å². The molecular formula is C17H27NO. The Bertz CT molecular complexity index is 433. The predicted molar refractivity (Wildman–Crippen MR) is 80.3 cm³/mol. The minimum atomic E-state index is -0.0952. The molecule has 2 atom stereocenters. The van der Waals surface area contributed by atoms with Crippen LogP contribution < -0.4 is 5.32 Å². The van der Waals surface area contributed by atoms with E-state index in [-0.39, 0.29) is 11.2 Å². The van der Waals surface area contributed by atoms with Gasteiger partial charge in [-0.15, -0.1) is 0 Å². The average Bonchev–Trinajstić information content (AvgIpc) is 2.51. The lowest BCUT2D eigenvalue weighted by atomic mass is 9.79. The molecule has 0 radical (unpaired) electrons. The van der Waals surface area contributed by atoms with Crippen LogP contribution in [0.1, 0.15) is 51.3 Å². The topological polar surface area (TPSA) is 21.3 Å². The van der Waals surface area contributed by atoms with Gasteiger partial charge in [0.15, 0.2) is 0 Å². The van der Waals surface area contributed by atoms with Crippen LogP contribution in [-0.4, -0.2) is 18.2 Å². The summed E-state index contributed by atoms with van der Waals surface area (Å²) in [6.45, 7) is 10.9. The molecule has 2 rings (SSSR count). The van der Waals surface area contributed by atoms with Crippen LogP contribution in [0.2, 0.25) is 0 Å². The number of nitrogens with one attached hydrogen (secondary N) is 1. The Balaban J connectivity index is 2.29. The van der Waals surface area contributed by atoms with E-state index in [0.717, 1.165) is 6.42 Å². The van der Waals surface area contributed by atoms with Gasteiger partial charge in [-0.3, -0.25) is 0 Å². The van der Waals surface area contributed by atoms with Gasteiger partial charge in [0, 0.05) is 12.0 Å². The van der Waals surface area contributed by atoms with Crippen LogP contribution in [-0.2, 0) is 4.74 Å². The van der Waals surface area contributed by atoms with E-state index in [1.807, 2.05) is 7.05 Å². The zero-order valence-electron chi connectivity index (χ0n) is 13.1. The summed E-state index contributed by atoms with van der Waals surface area (Å²) < 4.78 is 6.24. The van der Waals surface area contributed by atoms with Crippen LogP contribution in [0.25, 0.3) is 0 Å². The Kier molecular flexibility index (Phi) is 3.76. The summed E-state index contributed by atoms with van der Waals surface area (Å²) in [5.41, 5.74) is 2.53. The van der Waals surface area contributed by atoms with E-state index in [4.69, 9.17) is 4.74 Å². The highest BCUT2D eigenvalue weighted by atomic mass is 16.5. The summed E-state index contributed by atoms with van der Waals surface area (Å²) in [5.74, 6) is 0.482. The molecule has 2 unspecified atom stereocenters. The van der Waals surface area contributed by atoms with Crippen molar-refractivity contribution < 1.29 is 4.74 Å². The Labute approximate surface area is 117 Å². The zero-order valence-corrected chi connectivity index (χ0v) is 13.1. The van der Waals surface area contributed by atoms with Crippen LogP contribution in [0.15, 0.2) is 24.3 Å². The number of aryl methyl sites for hydroxylation is 1. The second-order valence-corrected chi connectivity index (χ2v) is 6.95. The third-order valence-electron chi connectivity index (χ3n) is 4.29. The lowest BCUT2D eigenvalue weighted by Crippen LogP contribution is -2.37. The molecule has 1 N–H and O–H groups in total. The summed E-state index contributed by atoms with van der Waals surface area (Å²) in [5, 5.41) is 3.49. The normalized spacial score (nSPS) is 26.3. The van der Waals surface area contributed by atoms with Gasteiger partial charge in [-0.25, -0.2) is 0 Å². The molecule has 0 amide bonds. The number of hydrogen-bond donors (Lipinski definition) is 1. The molecule has 1 aliphatic heterocycles. The van der Waals surface area contributed by atoms with Crippen molar-refractivity contribution in [3.05, 3.63) is 35.4 Å². The van der Waals surface area contributed by atoms with Gasteiger partial charge in [0.2, 0.25) is 0 Å². The van der Waals surface area contributed by atoms with Crippen LogP contribution in [0.4, 0.5) is 0 Å². The minimum absolute atomic E-state index is 0.0338. The van der Waals surface area contributed by atoms with Gasteiger partial charge in [0.05, 0.1) is 11.2 Å². The monoisotopic (exact) mass is 261 g/mol. The van der Waals surface area contributed by atoms with Crippen molar-refractivity contribution in [1.82, 2.24) is 5.32 Å². The maximum Gasteiger partial charge on any atom is 0.0681 e. The number of ether oxygens (including phenoxy) is 1. The summed E-state index contributed by atoms with van der Waals surface area (Å²) in [6, 6.07) is 9.19. The highest BCUT2D eigenvalue weighted by molar-refractivity contribution is 5.26. The first-order valence-corrected chi connectivity index (χ1v) is 7.19. The maximum absolute atomic E-state index is 6.24. The van der Waals surface area contributed by atoms with Crippen LogP contribution in [0.5, 0.6) is 0 Å². The minimum Gasteiger partial charge on any atom is -0.369 e. The van der Waals surface area contributed by atoms with Gasteiger partial charge in [0.25, 0.3) is 0 Å². The number of benzene rings is 1. The molecule has 19 heavy (non-hydrogen) atoms. The summed E-state index contributed by atoms with van der Waals surface area (Å²) in [7, 11) is 2.05. The molecule has 2 nitrogen and oxygen atoms in total.